The Bertz CT molecular complexity index is 1350. The number of nitrogens with zero attached hydrogens (tertiary/aromatic N) is 3. The second kappa shape index (κ2) is 11.3. The molecule has 2 heterocycles. The summed E-state index contributed by atoms with van der Waals surface area (Å²) in [5, 5.41) is 4.17. The number of Topliss-reactive ketones (excluding diaryl/α,β-unsaturated/α-hetero) is 1. The Hall–Kier alpha value is -3.74. The summed E-state index contributed by atoms with van der Waals surface area (Å²) in [5.74, 6) is 0.134. The number of piperidine rings is 1. The molecule has 7 nitrogen and oxygen atoms in total. The lowest BCUT2D eigenvalue weighted by atomic mass is 9.82. The van der Waals surface area contributed by atoms with Crippen LogP contribution in [0.25, 0.3) is 0 Å². The lowest BCUT2D eigenvalue weighted by Gasteiger charge is -2.33. The standard InChI is InChI=1S/C31H37N3O4/c1-21-8-6-7-9-25(21)26(20-28(35)27-14-15-29(36)33(5)32-27)24-12-10-22(11-13-24)23-16-18-34(19-17-23)30(37)38-31(2,3)4/h6-15,23,26H,16-20H2,1-5H3/t26-/m1/s1. The van der Waals surface area contributed by atoms with Crippen LogP contribution in [0, 0.1) is 6.92 Å². The smallest absolute Gasteiger partial charge is 0.410 e. The molecule has 1 fully saturated rings. The highest BCUT2D eigenvalue weighted by molar-refractivity contribution is 5.94. The Balaban J connectivity index is 1.51. The molecule has 0 radical (unpaired) electrons. The first kappa shape index (κ1) is 27.3. The fourth-order valence-electron chi connectivity index (χ4n) is 5.05. The minimum absolute atomic E-state index is 0.104. The Morgan fingerprint density at radius 2 is 1.66 bits per heavy atom. The van der Waals surface area contributed by atoms with Crippen LogP contribution in [0.15, 0.2) is 65.5 Å². The van der Waals surface area contributed by atoms with Gasteiger partial charge in [-0.15, -0.1) is 0 Å². The van der Waals surface area contributed by atoms with Gasteiger partial charge < -0.3 is 9.64 Å². The molecule has 3 aromatic rings. The monoisotopic (exact) mass is 515 g/mol. The third kappa shape index (κ3) is 6.57. The topological polar surface area (TPSA) is 81.5 Å². The molecule has 1 saturated heterocycles. The molecule has 1 aliphatic rings. The van der Waals surface area contributed by atoms with Gasteiger partial charge in [-0.3, -0.25) is 9.59 Å². The summed E-state index contributed by atoms with van der Waals surface area (Å²) in [6.07, 6.45) is 1.78. The number of benzene rings is 2. The predicted molar refractivity (Wildman–Crippen MR) is 148 cm³/mol. The second-order valence-electron chi connectivity index (χ2n) is 11.1. The summed E-state index contributed by atoms with van der Waals surface area (Å²) in [4.78, 5) is 39.2. The van der Waals surface area contributed by atoms with E-state index in [0.717, 1.165) is 29.5 Å². The molecule has 0 aliphatic carbocycles. The van der Waals surface area contributed by atoms with Gasteiger partial charge in [0, 0.05) is 38.5 Å². The number of ketones is 1. The number of aryl methyl sites for hydroxylation is 2. The Labute approximate surface area is 224 Å². The molecule has 38 heavy (non-hydrogen) atoms. The molecular weight excluding hydrogens is 478 g/mol. The fourth-order valence-corrected chi connectivity index (χ4v) is 5.05. The summed E-state index contributed by atoms with van der Waals surface area (Å²) in [5.41, 5.74) is 4.08. The molecule has 0 N–H and O–H groups in total. The lowest BCUT2D eigenvalue weighted by molar-refractivity contribution is 0.0204. The maximum Gasteiger partial charge on any atom is 0.410 e. The van der Waals surface area contributed by atoms with Crippen LogP contribution in [-0.2, 0) is 11.8 Å². The quantitative estimate of drug-likeness (QED) is 0.399. The van der Waals surface area contributed by atoms with Gasteiger partial charge in [-0.05, 0) is 74.8 Å². The van der Waals surface area contributed by atoms with Crippen LogP contribution in [-0.4, -0.2) is 45.2 Å². The van der Waals surface area contributed by atoms with E-state index in [2.05, 4.69) is 48.4 Å². The minimum Gasteiger partial charge on any atom is -0.444 e. The minimum atomic E-state index is -0.494. The average molecular weight is 516 g/mol. The van der Waals surface area contributed by atoms with E-state index in [4.69, 9.17) is 4.74 Å². The van der Waals surface area contributed by atoms with Crippen LogP contribution in [0.1, 0.15) is 84.6 Å². The van der Waals surface area contributed by atoms with Crippen LogP contribution in [0.5, 0.6) is 0 Å². The molecule has 1 atom stereocenters. The van der Waals surface area contributed by atoms with E-state index in [9.17, 15) is 14.4 Å². The molecule has 1 aromatic heterocycles. The van der Waals surface area contributed by atoms with E-state index < -0.39 is 5.60 Å². The van der Waals surface area contributed by atoms with Crippen molar-refractivity contribution in [1.29, 1.82) is 0 Å². The molecule has 2 aromatic carbocycles. The number of hydrogen-bond acceptors (Lipinski definition) is 5. The Kier molecular flexibility index (Phi) is 8.14. The number of likely N-dealkylation sites (tertiary alicyclic amines) is 1. The van der Waals surface area contributed by atoms with Crippen molar-refractivity contribution >= 4 is 11.9 Å². The zero-order valence-electron chi connectivity index (χ0n) is 22.9. The first-order chi connectivity index (χ1) is 18.0. The average Bonchev–Trinajstić information content (AvgIpc) is 2.88. The number of ether oxygens (including phenoxy) is 1. The van der Waals surface area contributed by atoms with Gasteiger partial charge in [0.15, 0.2) is 5.78 Å². The van der Waals surface area contributed by atoms with Crippen molar-refractivity contribution in [2.24, 2.45) is 7.05 Å². The highest BCUT2D eigenvalue weighted by atomic mass is 16.6. The molecule has 200 valence electrons. The number of amides is 1. The zero-order chi connectivity index (χ0) is 27.4. The summed E-state index contributed by atoms with van der Waals surface area (Å²) in [6.45, 7) is 9.06. The molecule has 0 spiro atoms. The van der Waals surface area contributed by atoms with E-state index in [0.29, 0.717) is 24.7 Å². The van der Waals surface area contributed by atoms with Crippen molar-refractivity contribution in [3.8, 4) is 0 Å². The normalized spacial score (nSPS) is 15.2. The van der Waals surface area contributed by atoms with Crippen LogP contribution in [0.2, 0.25) is 0 Å². The summed E-state index contributed by atoms with van der Waals surface area (Å²) < 4.78 is 6.72. The maximum atomic E-state index is 13.2. The van der Waals surface area contributed by atoms with E-state index in [1.54, 1.807) is 11.9 Å². The van der Waals surface area contributed by atoms with E-state index >= 15 is 0 Å². The third-order valence-corrected chi connectivity index (χ3v) is 7.16. The lowest BCUT2D eigenvalue weighted by Crippen LogP contribution is -2.41. The highest BCUT2D eigenvalue weighted by Gasteiger charge is 2.28. The second-order valence-corrected chi connectivity index (χ2v) is 11.1. The van der Waals surface area contributed by atoms with Gasteiger partial charge in [-0.2, -0.15) is 5.10 Å². The van der Waals surface area contributed by atoms with E-state index in [1.807, 2.05) is 32.9 Å². The Morgan fingerprint density at radius 1 is 1.00 bits per heavy atom. The SMILES string of the molecule is Cc1ccccc1[C@H](CC(=O)c1ccc(=O)n(C)n1)c1ccc(C2CCN(C(=O)OC(C)(C)C)CC2)cc1. The first-order valence-electron chi connectivity index (χ1n) is 13.2. The van der Waals surface area contributed by atoms with Gasteiger partial charge in [0.25, 0.3) is 5.56 Å². The molecule has 4 rings (SSSR count). The molecular formula is C31H37N3O4. The molecule has 0 bridgehead atoms. The summed E-state index contributed by atoms with van der Waals surface area (Å²) in [6, 6.07) is 19.6. The van der Waals surface area contributed by atoms with Crippen molar-refractivity contribution in [3.05, 3.63) is 99.0 Å². The molecule has 7 heteroatoms. The van der Waals surface area contributed by atoms with Gasteiger partial charge in [0.05, 0.1) is 0 Å². The number of hydrogen-bond donors (Lipinski definition) is 0. The van der Waals surface area contributed by atoms with Gasteiger partial charge in [0.1, 0.15) is 11.3 Å². The first-order valence-corrected chi connectivity index (χ1v) is 13.2. The van der Waals surface area contributed by atoms with Gasteiger partial charge in [-0.1, -0.05) is 48.5 Å². The van der Waals surface area contributed by atoms with Gasteiger partial charge >= 0.3 is 6.09 Å². The largest absolute Gasteiger partial charge is 0.444 e. The molecule has 0 saturated carbocycles. The Morgan fingerprint density at radius 3 is 2.26 bits per heavy atom. The summed E-state index contributed by atoms with van der Waals surface area (Å²) >= 11 is 0. The van der Waals surface area contributed by atoms with Crippen molar-refractivity contribution in [3.63, 3.8) is 0 Å². The molecule has 1 aliphatic heterocycles. The van der Waals surface area contributed by atoms with Gasteiger partial charge in [0.2, 0.25) is 0 Å². The number of carbonyl (C=O) groups is 2. The van der Waals surface area contributed by atoms with Crippen LogP contribution in [0.3, 0.4) is 0 Å². The third-order valence-electron chi connectivity index (χ3n) is 7.16. The molecule has 1 amide bonds. The predicted octanol–water partition coefficient (Wildman–Crippen LogP) is 5.61. The summed E-state index contributed by atoms with van der Waals surface area (Å²) in [7, 11) is 1.55. The van der Waals surface area contributed by atoms with Crippen molar-refractivity contribution in [2.75, 3.05) is 13.1 Å². The van der Waals surface area contributed by atoms with Gasteiger partial charge in [-0.25, -0.2) is 9.48 Å². The number of carbonyl (C=O) groups excluding carboxylic acids is 2. The maximum absolute atomic E-state index is 13.2. The number of aromatic nitrogens is 2. The molecule has 0 unspecified atom stereocenters. The van der Waals surface area contributed by atoms with E-state index in [-0.39, 0.29) is 29.8 Å². The van der Waals surface area contributed by atoms with Crippen molar-refractivity contribution in [2.45, 2.75) is 64.4 Å². The zero-order valence-corrected chi connectivity index (χ0v) is 22.9. The van der Waals surface area contributed by atoms with Crippen molar-refractivity contribution < 1.29 is 14.3 Å². The van der Waals surface area contributed by atoms with E-state index in [1.165, 1.54) is 22.4 Å². The van der Waals surface area contributed by atoms with Crippen LogP contribution in [0.4, 0.5) is 4.79 Å². The fraction of sp³-hybridized carbons (Fsp3) is 0.419. The van der Waals surface area contributed by atoms with Crippen LogP contribution < -0.4 is 5.56 Å². The van der Waals surface area contributed by atoms with Crippen molar-refractivity contribution in [1.82, 2.24) is 14.7 Å². The highest BCUT2D eigenvalue weighted by Crippen LogP contribution is 2.34. The number of rotatable bonds is 6. The van der Waals surface area contributed by atoms with Crippen LogP contribution >= 0.6 is 0 Å².